The summed E-state index contributed by atoms with van der Waals surface area (Å²) in [5, 5.41) is 4.87. The average molecular weight is 226 g/mol. The van der Waals surface area contributed by atoms with Crippen molar-refractivity contribution in [3.8, 4) is 0 Å². The van der Waals surface area contributed by atoms with Gasteiger partial charge in [-0.2, -0.15) is 0 Å². The van der Waals surface area contributed by atoms with Gasteiger partial charge < -0.3 is 0 Å². The van der Waals surface area contributed by atoms with Crippen molar-refractivity contribution in [1.29, 1.82) is 0 Å². The highest BCUT2D eigenvalue weighted by atomic mass is 32.1. The maximum absolute atomic E-state index is 13.2. The van der Waals surface area contributed by atoms with E-state index in [1.54, 1.807) is 0 Å². The molecule has 0 saturated heterocycles. The minimum Gasteiger partial charge on any atom is -0.287 e. The van der Waals surface area contributed by atoms with Crippen LogP contribution in [0.1, 0.15) is 16.1 Å². The first-order valence-corrected chi connectivity index (χ1v) is 4.79. The molecular formula is C9H4F2N2OS. The van der Waals surface area contributed by atoms with Crippen LogP contribution < -0.4 is 0 Å². The molecule has 2 rings (SSSR count). The number of nitrogens with zero attached hydrogens (tertiary/aromatic N) is 2. The fraction of sp³-hybridized carbons (Fsp3) is 0. The maximum Gasteiger partial charge on any atom is 0.217 e. The van der Waals surface area contributed by atoms with Crippen molar-refractivity contribution in [2.45, 2.75) is 0 Å². The molecule has 15 heavy (non-hydrogen) atoms. The summed E-state index contributed by atoms with van der Waals surface area (Å²) in [6.07, 6.45) is 0. The number of rotatable bonds is 2. The minimum absolute atomic E-state index is 0.0181. The molecule has 0 bridgehead atoms. The van der Waals surface area contributed by atoms with Crippen LogP contribution >= 0.6 is 11.5 Å². The van der Waals surface area contributed by atoms with E-state index in [9.17, 15) is 13.6 Å². The van der Waals surface area contributed by atoms with Crippen molar-refractivity contribution >= 4 is 17.3 Å². The number of hydrogen-bond donors (Lipinski definition) is 0. The number of ketones is 1. The Hall–Kier alpha value is -1.69. The normalized spacial score (nSPS) is 10.3. The molecule has 0 N–H and O–H groups in total. The Labute approximate surface area is 87.5 Å². The van der Waals surface area contributed by atoms with Gasteiger partial charge in [0.15, 0.2) is 11.6 Å². The van der Waals surface area contributed by atoms with Crippen molar-refractivity contribution in [2.75, 3.05) is 0 Å². The van der Waals surface area contributed by atoms with Gasteiger partial charge in [0.05, 0.1) is 5.56 Å². The molecule has 1 heterocycles. The van der Waals surface area contributed by atoms with Gasteiger partial charge in [-0.25, -0.2) is 8.78 Å². The molecule has 0 aliphatic heterocycles. The summed E-state index contributed by atoms with van der Waals surface area (Å²) in [6.45, 7) is 0. The zero-order valence-electron chi connectivity index (χ0n) is 7.28. The molecule has 1 aromatic heterocycles. The number of hydrogen-bond acceptors (Lipinski definition) is 4. The van der Waals surface area contributed by atoms with Crippen LogP contribution in [0, 0.1) is 11.6 Å². The monoisotopic (exact) mass is 226 g/mol. The van der Waals surface area contributed by atoms with Gasteiger partial charge in [-0.15, -0.1) is 5.10 Å². The lowest BCUT2D eigenvalue weighted by atomic mass is 10.1. The van der Waals surface area contributed by atoms with E-state index in [0.29, 0.717) is 0 Å². The van der Waals surface area contributed by atoms with Crippen molar-refractivity contribution in [1.82, 2.24) is 9.59 Å². The highest BCUT2D eigenvalue weighted by Crippen LogP contribution is 2.15. The molecule has 0 atom stereocenters. The van der Waals surface area contributed by atoms with Crippen molar-refractivity contribution < 1.29 is 13.6 Å². The topological polar surface area (TPSA) is 42.9 Å². The number of benzene rings is 1. The highest BCUT2D eigenvalue weighted by Gasteiger charge is 2.18. The molecule has 0 unspecified atom stereocenters. The van der Waals surface area contributed by atoms with Gasteiger partial charge in [-0.3, -0.25) is 4.79 Å². The zero-order chi connectivity index (χ0) is 10.8. The van der Waals surface area contributed by atoms with Crippen LogP contribution in [-0.2, 0) is 0 Å². The van der Waals surface area contributed by atoms with Gasteiger partial charge in [-0.05, 0) is 23.7 Å². The Morgan fingerprint density at radius 2 is 2.13 bits per heavy atom. The van der Waals surface area contributed by atoms with Crippen molar-refractivity contribution in [3.63, 3.8) is 0 Å². The smallest absolute Gasteiger partial charge is 0.217 e. The van der Waals surface area contributed by atoms with Crippen molar-refractivity contribution in [2.24, 2.45) is 0 Å². The summed E-state index contributed by atoms with van der Waals surface area (Å²) in [6, 6.07) is 3.43. The van der Waals surface area contributed by atoms with Crippen LogP contribution in [0.15, 0.2) is 23.6 Å². The number of carbonyl (C=O) groups excluding carboxylic acids is 1. The van der Waals surface area contributed by atoms with Crippen LogP contribution in [0.3, 0.4) is 0 Å². The van der Waals surface area contributed by atoms with E-state index >= 15 is 0 Å². The molecule has 76 valence electrons. The first-order valence-electron chi connectivity index (χ1n) is 3.96. The number of carbonyl (C=O) groups is 1. The molecule has 1 aromatic carbocycles. The zero-order valence-corrected chi connectivity index (χ0v) is 8.09. The molecule has 6 heteroatoms. The first kappa shape index (κ1) is 9.85. The standard InChI is InChI=1S/C9H4F2N2OS/c10-6-3-1-2-5(8(6)11)9(14)7-4-15-13-12-7/h1-4H. The quantitative estimate of drug-likeness (QED) is 0.736. The lowest BCUT2D eigenvalue weighted by Gasteiger charge is -1.99. The summed E-state index contributed by atoms with van der Waals surface area (Å²) >= 11 is 0.974. The fourth-order valence-corrected chi connectivity index (χ4v) is 1.52. The van der Waals surface area contributed by atoms with E-state index in [1.807, 2.05) is 0 Å². The van der Waals surface area contributed by atoms with E-state index in [4.69, 9.17) is 0 Å². The van der Waals surface area contributed by atoms with Gasteiger partial charge in [0, 0.05) is 5.38 Å². The second kappa shape index (κ2) is 3.82. The number of halogens is 2. The second-order valence-electron chi connectivity index (χ2n) is 2.72. The van der Waals surface area contributed by atoms with Crippen LogP contribution in [0.5, 0.6) is 0 Å². The largest absolute Gasteiger partial charge is 0.287 e. The highest BCUT2D eigenvalue weighted by molar-refractivity contribution is 7.03. The predicted molar refractivity (Wildman–Crippen MR) is 49.7 cm³/mol. The molecule has 0 radical (unpaired) electrons. The van der Waals surface area contributed by atoms with Gasteiger partial charge in [0.1, 0.15) is 5.69 Å². The summed E-state index contributed by atoms with van der Waals surface area (Å²) in [4.78, 5) is 11.6. The van der Waals surface area contributed by atoms with Crippen LogP contribution in [0.2, 0.25) is 0 Å². The maximum atomic E-state index is 13.2. The summed E-state index contributed by atoms with van der Waals surface area (Å²) in [7, 11) is 0. The Kier molecular flexibility index (Phi) is 2.51. The third-order valence-corrected chi connectivity index (χ3v) is 2.29. The third kappa shape index (κ3) is 1.75. The van der Waals surface area contributed by atoms with E-state index in [1.165, 1.54) is 17.5 Å². The summed E-state index contributed by atoms with van der Waals surface area (Å²) in [5.41, 5.74) is -0.313. The predicted octanol–water partition coefficient (Wildman–Crippen LogP) is 2.05. The molecule has 0 fully saturated rings. The fourth-order valence-electron chi connectivity index (χ4n) is 1.08. The minimum atomic E-state index is -1.16. The van der Waals surface area contributed by atoms with Gasteiger partial charge in [-0.1, -0.05) is 10.6 Å². The van der Waals surface area contributed by atoms with Gasteiger partial charge >= 0.3 is 0 Å². The molecule has 3 nitrogen and oxygen atoms in total. The summed E-state index contributed by atoms with van der Waals surface area (Å²) < 4.78 is 29.5. The molecule has 0 aliphatic carbocycles. The lowest BCUT2D eigenvalue weighted by molar-refractivity contribution is 0.102. The second-order valence-corrected chi connectivity index (χ2v) is 3.33. The SMILES string of the molecule is O=C(c1csnn1)c1cccc(F)c1F. The molecular weight excluding hydrogens is 222 g/mol. The van der Waals surface area contributed by atoms with Crippen LogP contribution in [0.4, 0.5) is 8.78 Å². The van der Waals surface area contributed by atoms with Crippen LogP contribution in [0.25, 0.3) is 0 Å². The van der Waals surface area contributed by atoms with Gasteiger partial charge in [0.25, 0.3) is 0 Å². The van der Waals surface area contributed by atoms with E-state index in [0.717, 1.165) is 17.6 Å². The Morgan fingerprint density at radius 1 is 1.33 bits per heavy atom. The van der Waals surface area contributed by atoms with Crippen molar-refractivity contribution in [3.05, 3.63) is 46.5 Å². The van der Waals surface area contributed by atoms with Crippen LogP contribution in [-0.4, -0.2) is 15.4 Å². The molecule has 0 spiro atoms. The third-order valence-electron chi connectivity index (χ3n) is 1.79. The molecule has 0 aliphatic rings. The first-order chi connectivity index (χ1) is 7.20. The van der Waals surface area contributed by atoms with E-state index in [2.05, 4.69) is 9.59 Å². The Balaban J connectivity index is 2.47. The summed E-state index contributed by atoms with van der Waals surface area (Å²) in [5.74, 6) is -2.87. The number of aromatic nitrogens is 2. The molecule has 2 aromatic rings. The molecule has 0 amide bonds. The average Bonchev–Trinajstić information content (AvgIpc) is 2.74. The van der Waals surface area contributed by atoms with E-state index < -0.39 is 17.4 Å². The Morgan fingerprint density at radius 3 is 2.80 bits per heavy atom. The Bertz CT molecular complexity index is 499. The lowest BCUT2D eigenvalue weighted by Crippen LogP contribution is -2.06. The van der Waals surface area contributed by atoms with E-state index in [-0.39, 0.29) is 11.3 Å². The van der Waals surface area contributed by atoms with Gasteiger partial charge in [0.2, 0.25) is 5.78 Å². The molecule has 0 saturated carbocycles.